The summed E-state index contributed by atoms with van der Waals surface area (Å²) in [6.45, 7) is 4.96. The van der Waals surface area contributed by atoms with Crippen molar-refractivity contribution in [3.05, 3.63) is 59.7 Å². The van der Waals surface area contributed by atoms with Crippen LogP contribution in [0, 0.1) is 6.92 Å². The van der Waals surface area contributed by atoms with Gasteiger partial charge in [-0.15, -0.1) is 4.40 Å². The van der Waals surface area contributed by atoms with Crippen LogP contribution in [0.2, 0.25) is 0 Å². The Morgan fingerprint density at radius 1 is 1.08 bits per heavy atom. The van der Waals surface area contributed by atoms with Gasteiger partial charge in [0.25, 0.3) is 10.0 Å². The molecular formula is C19H22N2O2S2. The lowest BCUT2D eigenvalue weighted by atomic mass is 10.1. The molecule has 0 saturated carbocycles. The normalized spacial score (nSPS) is 15.6. The van der Waals surface area contributed by atoms with E-state index in [2.05, 4.69) is 30.4 Å². The highest BCUT2D eigenvalue weighted by Gasteiger charge is 2.30. The SMILES string of the molecule is CCCCN1C(SCc2ccccc2C)=NS(=O)(=O)c2ccccc21. The van der Waals surface area contributed by atoms with Crippen molar-refractivity contribution >= 4 is 32.6 Å². The van der Waals surface area contributed by atoms with Gasteiger partial charge in [0.2, 0.25) is 0 Å². The Morgan fingerprint density at radius 3 is 2.56 bits per heavy atom. The van der Waals surface area contributed by atoms with Crippen molar-refractivity contribution in [1.82, 2.24) is 0 Å². The summed E-state index contributed by atoms with van der Waals surface area (Å²) in [5.74, 6) is 0.700. The zero-order chi connectivity index (χ0) is 17.9. The predicted molar refractivity (Wildman–Crippen MR) is 106 cm³/mol. The largest absolute Gasteiger partial charge is 0.319 e. The van der Waals surface area contributed by atoms with Gasteiger partial charge in [-0.05, 0) is 36.6 Å². The van der Waals surface area contributed by atoms with E-state index in [-0.39, 0.29) is 0 Å². The van der Waals surface area contributed by atoms with Crippen LogP contribution in [0.4, 0.5) is 5.69 Å². The minimum absolute atomic E-state index is 0.298. The molecule has 2 aromatic rings. The van der Waals surface area contributed by atoms with Gasteiger partial charge >= 0.3 is 0 Å². The number of hydrogen-bond donors (Lipinski definition) is 0. The summed E-state index contributed by atoms with van der Waals surface area (Å²) in [4.78, 5) is 2.34. The Kier molecular flexibility index (Phi) is 5.49. The maximum atomic E-state index is 12.6. The summed E-state index contributed by atoms with van der Waals surface area (Å²) in [5, 5.41) is 0.565. The zero-order valence-electron chi connectivity index (χ0n) is 14.5. The molecule has 0 saturated heterocycles. The number of sulfonamides is 1. The van der Waals surface area contributed by atoms with E-state index in [1.54, 1.807) is 12.1 Å². The number of rotatable bonds is 5. The number of thioether (sulfide) groups is 1. The Labute approximate surface area is 154 Å². The number of hydrogen-bond acceptors (Lipinski definition) is 4. The summed E-state index contributed by atoms with van der Waals surface area (Å²) in [5.41, 5.74) is 3.13. The molecule has 0 N–H and O–H groups in total. The minimum atomic E-state index is -3.64. The van der Waals surface area contributed by atoms with Gasteiger partial charge in [-0.1, -0.05) is 61.5 Å². The van der Waals surface area contributed by atoms with Crippen LogP contribution < -0.4 is 4.90 Å². The molecule has 0 spiro atoms. The second kappa shape index (κ2) is 7.62. The Hall–Kier alpha value is -1.79. The fourth-order valence-electron chi connectivity index (χ4n) is 2.75. The van der Waals surface area contributed by atoms with E-state index in [1.807, 2.05) is 29.2 Å². The Balaban J connectivity index is 1.93. The van der Waals surface area contributed by atoms with E-state index in [0.29, 0.717) is 15.8 Å². The number of amidine groups is 1. The standard InChI is InChI=1S/C19H22N2O2S2/c1-3-4-13-21-17-11-7-8-12-18(17)25(22,23)20-19(21)24-14-16-10-6-5-9-15(16)2/h5-12H,3-4,13-14H2,1-2H3. The summed E-state index contributed by atoms with van der Waals surface area (Å²) in [6, 6.07) is 15.3. The lowest BCUT2D eigenvalue weighted by Crippen LogP contribution is -2.34. The molecule has 0 fully saturated rings. The summed E-state index contributed by atoms with van der Waals surface area (Å²) < 4.78 is 29.2. The van der Waals surface area contributed by atoms with E-state index in [9.17, 15) is 8.42 Å². The van der Waals surface area contributed by atoms with Gasteiger partial charge in [0.15, 0.2) is 5.17 Å². The second-order valence-electron chi connectivity index (χ2n) is 6.04. The zero-order valence-corrected chi connectivity index (χ0v) is 16.1. The maximum absolute atomic E-state index is 12.6. The van der Waals surface area contributed by atoms with Crippen molar-refractivity contribution in [3.63, 3.8) is 0 Å². The Bertz CT molecular complexity index is 892. The molecule has 0 aromatic heterocycles. The third-order valence-corrected chi connectivity index (χ3v) is 6.67. The molecule has 25 heavy (non-hydrogen) atoms. The molecule has 132 valence electrons. The molecule has 2 aromatic carbocycles. The summed E-state index contributed by atoms with van der Waals surface area (Å²) in [6.07, 6.45) is 2.03. The van der Waals surface area contributed by atoms with Crippen molar-refractivity contribution in [1.29, 1.82) is 0 Å². The van der Waals surface area contributed by atoms with E-state index < -0.39 is 10.0 Å². The molecule has 6 heteroatoms. The van der Waals surface area contributed by atoms with Crippen molar-refractivity contribution in [2.45, 2.75) is 37.3 Å². The number of fused-ring (bicyclic) bond motifs is 1. The number of unbranched alkanes of at least 4 members (excludes halogenated alkanes) is 1. The first-order valence-corrected chi connectivity index (χ1v) is 10.8. The first kappa shape index (κ1) is 18.0. The molecule has 0 bridgehead atoms. The van der Waals surface area contributed by atoms with Crippen molar-refractivity contribution in [2.75, 3.05) is 11.4 Å². The molecule has 0 amide bonds. The van der Waals surface area contributed by atoms with Gasteiger partial charge in [-0.3, -0.25) is 0 Å². The minimum Gasteiger partial charge on any atom is -0.319 e. The van der Waals surface area contributed by atoms with Crippen LogP contribution in [0.1, 0.15) is 30.9 Å². The first-order valence-electron chi connectivity index (χ1n) is 8.42. The number of anilines is 1. The second-order valence-corrected chi connectivity index (χ2v) is 8.55. The van der Waals surface area contributed by atoms with Crippen LogP contribution in [0.15, 0.2) is 57.8 Å². The summed E-state index contributed by atoms with van der Waals surface area (Å²) >= 11 is 1.49. The lowest BCUT2D eigenvalue weighted by molar-refractivity contribution is 0.596. The van der Waals surface area contributed by atoms with Crippen molar-refractivity contribution in [2.24, 2.45) is 4.40 Å². The molecule has 0 radical (unpaired) electrons. The van der Waals surface area contributed by atoms with Crippen molar-refractivity contribution in [3.8, 4) is 0 Å². The number of benzene rings is 2. The highest BCUT2D eigenvalue weighted by molar-refractivity contribution is 8.14. The van der Waals surface area contributed by atoms with Crippen LogP contribution in [-0.2, 0) is 15.8 Å². The fourth-order valence-corrected chi connectivity index (χ4v) is 5.31. The first-order chi connectivity index (χ1) is 12.0. The lowest BCUT2D eigenvalue weighted by Gasteiger charge is -2.30. The molecule has 1 aliphatic heterocycles. The van der Waals surface area contributed by atoms with Crippen LogP contribution >= 0.6 is 11.8 Å². The Morgan fingerprint density at radius 2 is 1.80 bits per heavy atom. The monoisotopic (exact) mass is 374 g/mol. The third-order valence-electron chi connectivity index (χ3n) is 4.22. The van der Waals surface area contributed by atoms with Gasteiger partial charge in [-0.2, -0.15) is 8.42 Å². The van der Waals surface area contributed by atoms with Gasteiger partial charge in [-0.25, -0.2) is 0 Å². The quantitative estimate of drug-likeness (QED) is 0.768. The average molecular weight is 375 g/mol. The number of para-hydroxylation sites is 1. The molecule has 0 unspecified atom stereocenters. The van der Waals surface area contributed by atoms with Crippen LogP contribution in [0.25, 0.3) is 0 Å². The topological polar surface area (TPSA) is 49.7 Å². The number of nitrogens with zero attached hydrogens (tertiary/aromatic N) is 2. The molecule has 1 heterocycles. The van der Waals surface area contributed by atoms with Gasteiger partial charge in [0.05, 0.1) is 5.69 Å². The maximum Gasteiger partial charge on any atom is 0.286 e. The van der Waals surface area contributed by atoms with Crippen molar-refractivity contribution < 1.29 is 8.42 Å². The third kappa shape index (κ3) is 3.90. The van der Waals surface area contributed by atoms with Crippen LogP contribution in [-0.4, -0.2) is 20.1 Å². The molecule has 3 rings (SSSR count). The highest BCUT2D eigenvalue weighted by atomic mass is 32.2. The molecule has 4 nitrogen and oxygen atoms in total. The van der Waals surface area contributed by atoms with Crippen LogP contribution in [0.5, 0.6) is 0 Å². The molecule has 1 aliphatic rings. The van der Waals surface area contributed by atoms with E-state index in [0.717, 1.165) is 25.1 Å². The summed E-state index contributed by atoms with van der Waals surface area (Å²) in [7, 11) is -3.64. The van der Waals surface area contributed by atoms with E-state index in [1.165, 1.54) is 22.9 Å². The molecular weight excluding hydrogens is 352 g/mol. The van der Waals surface area contributed by atoms with Gasteiger partial charge in [0, 0.05) is 12.3 Å². The van der Waals surface area contributed by atoms with Gasteiger partial charge in [0.1, 0.15) is 4.90 Å². The van der Waals surface area contributed by atoms with E-state index >= 15 is 0 Å². The van der Waals surface area contributed by atoms with E-state index in [4.69, 9.17) is 0 Å². The van der Waals surface area contributed by atoms with Crippen LogP contribution in [0.3, 0.4) is 0 Å². The highest BCUT2D eigenvalue weighted by Crippen LogP contribution is 2.35. The number of aryl methyl sites for hydroxylation is 1. The average Bonchev–Trinajstić information content (AvgIpc) is 2.60. The smallest absolute Gasteiger partial charge is 0.286 e. The predicted octanol–water partition coefficient (Wildman–Crippen LogP) is 4.59. The van der Waals surface area contributed by atoms with Gasteiger partial charge < -0.3 is 4.90 Å². The fraction of sp³-hybridized carbons (Fsp3) is 0.316. The molecule has 0 aliphatic carbocycles. The molecule has 0 atom stereocenters.